The van der Waals surface area contributed by atoms with E-state index in [4.69, 9.17) is 0 Å². The number of rotatable bonds is 4. The van der Waals surface area contributed by atoms with Crippen molar-refractivity contribution < 1.29 is 0 Å². The summed E-state index contributed by atoms with van der Waals surface area (Å²) < 4.78 is 1.91. The molecule has 4 heteroatoms. The minimum absolute atomic E-state index is 0.606. The van der Waals surface area contributed by atoms with Gasteiger partial charge in [0.05, 0.1) is 6.20 Å². The molecule has 26 heavy (non-hydrogen) atoms. The summed E-state index contributed by atoms with van der Waals surface area (Å²) in [6.07, 6.45) is 9.64. The van der Waals surface area contributed by atoms with Crippen LogP contribution in [0.3, 0.4) is 0 Å². The minimum Gasteiger partial charge on any atom is -0.299 e. The molecule has 3 heterocycles. The lowest BCUT2D eigenvalue weighted by Gasteiger charge is -2.47. The van der Waals surface area contributed by atoms with Gasteiger partial charge >= 0.3 is 0 Å². The molecule has 0 bridgehead atoms. The first-order chi connectivity index (χ1) is 12.6. The molecule has 1 aromatic carbocycles. The van der Waals surface area contributed by atoms with Gasteiger partial charge in [0, 0.05) is 31.9 Å². The molecule has 2 fully saturated rings. The summed E-state index contributed by atoms with van der Waals surface area (Å²) in [5.74, 6) is 0. The molecule has 0 radical (unpaired) electrons. The lowest BCUT2D eigenvalue weighted by Crippen LogP contribution is -2.46. The summed E-state index contributed by atoms with van der Waals surface area (Å²) in [6.45, 7) is 9.34. The Morgan fingerprint density at radius 1 is 0.846 bits per heavy atom. The second-order valence-electron chi connectivity index (χ2n) is 8.56. The zero-order valence-corrected chi connectivity index (χ0v) is 16.3. The van der Waals surface area contributed by atoms with Crippen molar-refractivity contribution in [3.05, 3.63) is 53.3 Å². The number of likely N-dealkylation sites (tertiary alicyclic amines) is 2. The summed E-state index contributed by atoms with van der Waals surface area (Å²) in [4.78, 5) is 5.26. The zero-order valence-electron chi connectivity index (χ0n) is 16.3. The fourth-order valence-corrected chi connectivity index (χ4v) is 4.63. The first kappa shape index (κ1) is 17.7. The fraction of sp³-hybridized carbons (Fsp3) is 0.591. The topological polar surface area (TPSA) is 24.3 Å². The first-order valence-electron chi connectivity index (χ1n) is 10.1. The number of hydrogen-bond acceptors (Lipinski definition) is 3. The van der Waals surface area contributed by atoms with Crippen LogP contribution in [0, 0.1) is 12.3 Å². The van der Waals surface area contributed by atoms with Crippen LogP contribution in [0.5, 0.6) is 0 Å². The second kappa shape index (κ2) is 7.53. The smallest absolute Gasteiger partial charge is 0.0534 e. The molecule has 2 aromatic rings. The molecule has 2 aliphatic rings. The molecule has 1 spiro atoms. The largest absolute Gasteiger partial charge is 0.299 e. The molecule has 0 saturated carbocycles. The Balaban J connectivity index is 1.25. The van der Waals surface area contributed by atoms with E-state index >= 15 is 0 Å². The van der Waals surface area contributed by atoms with Crippen molar-refractivity contribution >= 4 is 0 Å². The predicted molar refractivity (Wildman–Crippen MR) is 106 cm³/mol. The van der Waals surface area contributed by atoms with E-state index in [1.54, 1.807) is 0 Å². The lowest BCUT2D eigenvalue weighted by atomic mass is 9.71. The predicted octanol–water partition coefficient (Wildman–Crippen LogP) is 3.61. The number of aromatic nitrogens is 2. The number of hydrogen-bond donors (Lipinski definition) is 0. The van der Waals surface area contributed by atoms with Crippen LogP contribution in [0.15, 0.2) is 36.7 Å². The molecule has 140 valence electrons. The molecule has 4 rings (SSSR count). The first-order valence-corrected chi connectivity index (χ1v) is 10.1. The van der Waals surface area contributed by atoms with Gasteiger partial charge in [-0.05, 0) is 69.8 Å². The Morgan fingerprint density at radius 3 is 1.88 bits per heavy atom. The van der Waals surface area contributed by atoms with Crippen LogP contribution in [0.2, 0.25) is 0 Å². The average Bonchev–Trinajstić information content (AvgIpc) is 3.06. The molecule has 0 unspecified atom stereocenters. The van der Waals surface area contributed by atoms with Gasteiger partial charge in [-0.2, -0.15) is 5.10 Å². The molecular formula is C22H32N4. The van der Waals surface area contributed by atoms with Gasteiger partial charge < -0.3 is 0 Å². The maximum atomic E-state index is 4.30. The Bertz CT molecular complexity index is 700. The van der Waals surface area contributed by atoms with Crippen LogP contribution in [-0.2, 0) is 20.1 Å². The van der Waals surface area contributed by atoms with Gasteiger partial charge in [-0.3, -0.25) is 14.5 Å². The summed E-state index contributed by atoms with van der Waals surface area (Å²) in [5.41, 5.74) is 4.76. The number of aryl methyl sites for hydroxylation is 2. The third kappa shape index (κ3) is 4.18. The zero-order chi connectivity index (χ0) is 18.0. The van der Waals surface area contributed by atoms with Crippen LogP contribution in [0.25, 0.3) is 0 Å². The Hall–Kier alpha value is -1.65. The lowest BCUT2D eigenvalue weighted by molar-refractivity contribution is 0.0300. The van der Waals surface area contributed by atoms with Gasteiger partial charge in [-0.25, -0.2) is 0 Å². The van der Waals surface area contributed by atoms with Crippen LogP contribution in [-0.4, -0.2) is 45.8 Å². The highest BCUT2D eigenvalue weighted by molar-refractivity contribution is 5.21. The highest BCUT2D eigenvalue weighted by atomic mass is 15.2. The van der Waals surface area contributed by atoms with Gasteiger partial charge in [0.25, 0.3) is 0 Å². The molecule has 1 aromatic heterocycles. The summed E-state index contributed by atoms with van der Waals surface area (Å²) in [6, 6.07) is 9.05. The maximum Gasteiger partial charge on any atom is 0.0534 e. The average molecular weight is 353 g/mol. The van der Waals surface area contributed by atoms with Crippen molar-refractivity contribution in [3.63, 3.8) is 0 Å². The summed E-state index contributed by atoms with van der Waals surface area (Å²) >= 11 is 0. The van der Waals surface area contributed by atoms with Gasteiger partial charge in [-0.15, -0.1) is 0 Å². The monoisotopic (exact) mass is 352 g/mol. The third-order valence-electron chi connectivity index (χ3n) is 6.52. The van der Waals surface area contributed by atoms with Crippen molar-refractivity contribution in [2.45, 2.75) is 45.7 Å². The van der Waals surface area contributed by atoms with Gasteiger partial charge in [0.15, 0.2) is 0 Å². The number of nitrogens with zero attached hydrogens (tertiary/aromatic N) is 4. The van der Waals surface area contributed by atoms with Gasteiger partial charge in [0.2, 0.25) is 0 Å². The summed E-state index contributed by atoms with van der Waals surface area (Å²) in [5, 5.41) is 4.30. The Morgan fingerprint density at radius 2 is 1.38 bits per heavy atom. The van der Waals surface area contributed by atoms with E-state index in [2.05, 4.69) is 52.3 Å². The summed E-state index contributed by atoms with van der Waals surface area (Å²) in [7, 11) is 2.00. The molecule has 0 atom stereocenters. The molecular weight excluding hydrogens is 320 g/mol. The Labute approximate surface area is 157 Å². The minimum atomic E-state index is 0.606. The highest BCUT2D eigenvalue weighted by Gasteiger charge is 2.37. The molecule has 0 amide bonds. The van der Waals surface area contributed by atoms with E-state index < -0.39 is 0 Å². The number of benzene rings is 1. The molecule has 2 saturated heterocycles. The second-order valence-corrected chi connectivity index (χ2v) is 8.56. The van der Waals surface area contributed by atoms with Crippen molar-refractivity contribution in [2.24, 2.45) is 12.5 Å². The van der Waals surface area contributed by atoms with E-state index in [0.717, 1.165) is 13.1 Å². The van der Waals surface area contributed by atoms with Crippen molar-refractivity contribution in [2.75, 3.05) is 26.2 Å². The molecule has 0 N–H and O–H groups in total. The van der Waals surface area contributed by atoms with Crippen LogP contribution < -0.4 is 0 Å². The van der Waals surface area contributed by atoms with E-state index in [-0.39, 0.29) is 0 Å². The molecule has 2 aliphatic heterocycles. The van der Waals surface area contributed by atoms with Crippen LogP contribution in [0.1, 0.15) is 42.4 Å². The van der Waals surface area contributed by atoms with Crippen LogP contribution >= 0.6 is 0 Å². The van der Waals surface area contributed by atoms with E-state index in [9.17, 15) is 0 Å². The van der Waals surface area contributed by atoms with E-state index in [1.807, 2.05) is 17.9 Å². The standard InChI is InChI=1S/C22H32N4/c1-19-3-5-20(6-4-19)17-25-11-7-22(8-12-25)9-13-26(14-10-22)18-21-15-23-24(2)16-21/h3-6,15-16H,7-14,17-18H2,1-2H3. The van der Waals surface area contributed by atoms with E-state index in [0.29, 0.717) is 5.41 Å². The quantitative estimate of drug-likeness (QED) is 0.840. The van der Waals surface area contributed by atoms with Gasteiger partial charge in [0.1, 0.15) is 0 Å². The molecule has 0 aliphatic carbocycles. The van der Waals surface area contributed by atoms with Gasteiger partial charge in [-0.1, -0.05) is 29.8 Å². The Kier molecular flexibility index (Phi) is 5.14. The SMILES string of the molecule is Cc1ccc(CN2CCC3(CC2)CCN(Cc2cnn(C)c2)CC3)cc1. The third-order valence-corrected chi connectivity index (χ3v) is 6.52. The van der Waals surface area contributed by atoms with Crippen molar-refractivity contribution in [3.8, 4) is 0 Å². The fourth-order valence-electron chi connectivity index (χ4n) is 4.63. The normalized spacial score (nSPS) is 21.3. The van der Waals surface area contributed by atoms with E-state index in [1.165, 1.54) is 68.6 Å². The van der Waals surface area contributed by atoms with Crippen molar-refractivity contribution in [1.29, 1.82) is 0 Å². The van der Waals surface area contributed by atoms with Crippen LogP contribution in [0.4, 0.5) is 0 Å². The molecule has 4 nitrogen and oxygen atoms in total. The maximum absolute atomic E-state index is 4.30. The number of piperidine rings is 2. The highest BCUT2D eigenvalue weighted by Crippen LogP contribution is 2.41. The van der Waals surface area contributed by atoms with Crippen molar-refractivity contribution in [1.82, 2.24) is 19.6 Å².